The van der Waals surface area contributed by atoms with Crippen LogP contribution in [0.25, 0.3) is 0 Å². The van der Waals surface area contributed by atoms with Crippen LogP contribution in [0.1, 0.15) is 37.5 Å². The number of hydrogen-bond acceptors (Lipinski definition) is 1. The first kappa shape index (κ1) is 13.6. The van der Waals surface area contributed by atoms with Gasteiger partial charge >= 0.3 is 6.03 Å². The van der Waals surface area contributed by atoms with Crippen molar-refractivity contribution in [2.45, 2.75) is 46.7 Å². The van der Waals surface area contributed by atoms with Gasteiger partial charge in [-0.25, -0.2) is 4.79 Å². The topological polar surface area (TPSA) is 41.1 Å². The van der Waals surface area contributed by atoms with Gasteiger partial charge in [-0.15, -0.1) is 0 Å². The Kier molecular flexibility index (Phi) is 4.16. The quantitative estimate of drug-likeness (QED) is 0.811. The molecule has 3 heteroatoms. The molecule has 0 fully saturated rings. The first-order chi connectivity index (χ1) is 7.78. The Bertz CT molecular complexity index is 405. The van der Waals surface area contributed by atoms with Crippen molar-refractivity contribution in [3.8, 4) is 0 Å². The van der Waals surface area contributed by atoms with E-state index in [0.29, 0.717) is 6.54 Å². The lowest BCUT2D eigenvalue weighted by Crippen LogP contribution is -2.46. The minimum absolute atomic E-state index is 0.126. The molecule has 0 aromatic heterocycles. The van der Waals surface area contributed by atoms with E-state index in [1.165, 1.54) is 11.1 Å². The molecule has 94 valence electrons. The van der Waals surface area contributed by atoms with Gasteiger partial charge in [0.1, 0.15) is 0 Å². The number of urea groups is 1. The maximum absolute atomic E-state index is 11.6. The second kappa shape index (κ2) is 5.21. The maximum Gasteiger partial charge on any atom is 0.315 e. The van der Waals surface area contributed by atoms with Crippen molar-refractivity contribution in [2.75, 3.05) is 0 Å². The lowest BCUT2D eigenvalue weighted by molar-refractivity contribution is 0.231. The monoisotopic (exact) mass is 234 g/mol. The summed E-state index contributed by atoms with van der Waals surface area (Å²) in [7, 11) is 0. The predicted octanol–water partition coefficient (Wildman–Crippen LogP) is 2.90. The van der Waals surface area contributed by atoms with Crippen LogP contribution in [-0.4, -0.2) is 11.6 Å². The third-order valence-corrected chi connectivity index (χ3v) is 2.43. The summed E-state index contributed by atoms with van der Waals surface area (Å²) in [5, 5.41) is 5.75. The summed E-state index contributed by atoms with van der Waals surface area (Å²) < 4.78 is 0. The summed E-state index contributed by atoms with van der Waals surface area (Å²) in [5.74, 6) is 0. The molecule has 0 unspecified atom stereocenters. The summed E-state index contributed by atoms with van der Waals surface area (Å²) in [6.07, 6.45) is 0. The molecule has 0 radical (unpaired) electrons. The molecule has 0 aliphatic carbocycles. The van der Waals surface area contributed by atoms with Crippen molar-refractivity contribution in [3.63, 3.8) is 0 Å². The molecule has 17 heavy (non-hydrogen) atoms. The van der Waals surface area contributed by atoms with Crippen LogP contribution in [0, 0.1) is 13.8 Å². The van der Waals surface area contributed by atoms with Crippen LogP contribution >= 0.6 is 0 Å². The zero-order valence-corrected chi connectivity index (χ0v) is 11.3. The van der Waals surface area contributed by atoms with E-state index in [1.807, 2.05) is 20.8 Å². The Morgan fingerprint density at radius 1 is 1.24 bits per heavy atom. The Hall–Kier alpha value is -1.51. The maximum atomic E-state index is 11.6. The van der Waals surface area contributed by atoms with Crippen LogP contribution in [-0.2, 0) is 6.54 Å². The number of rotatable bonds is 2. The van der Waals surface area contributed by atoms with E-state index in [2.05, 4.69) is 42.7 Å². The van der Waals surface area contributed by atoms with E-state index in [0.717, 1.165) is 5.56 Å². The van der Waals surface area contributed by atoms with Gasteiger partial charge in [0.2, 0.25) is 0 Å². The minimum Gasteiger partial charge on any atom is -0.334 e. The van der Waals surface area contributed by atoms with Gasteiger partial charge in [0.25, 0.3) is 0 Å². The molecule has 0 aliphatic rings. The highest BCUT2D eigenvalue weighted by molar-refractivity contribution is 5.74. The summed E-state index contributed by atoms with van der Waals surface area (Å²) in [5.41, 5.74) is 3.37. The van der Waals surface area contributed by atoms with E-state index >= 15 is 0 Å². The third kappa shape index (κ3) is 4.89. The van der Waals surface area contributed by atoms with Crippen LogP contribution in [0.5, 0.6) is 0 Å². The number of benzene rings is 1. The first-order valence-electron chi connectivity index (χ1n) is 5.90. The number of aryl methyl sites for hydroxylation is 2. The van der Waals surface area contributed by atoms with Gasteiger partial charge in [-0.2, -0.15) is 0 Å². The first-order valence-corrected chi connectivity index (χ1v) is 5.90. The van der Waals surface area contributed by atoms with Crippen LogP contribution in [0.3, 0.4) is 0 Å². The molecular formula is C14H22N2O. The van der Waals surface area contributed by atoms with Gasteiger partial charge in [-0.3, -0.25) is 0 Å². The summed E-state index contributed by atoms with van der Waals surface area (Å²) in [6, 6.07) is 6.13. The molecule has 3 nitrogen and oxygen atoms in total. The largest absolute Gasteiger partial charge is 0.334 e. The van der Waals surface area contributed by atoms with E-state index < -0.39 is 0 Å². The zero-order chi connectivity index (χ0) is 13.1. The molecule has 0 aliphatic heterocycles. The van der Waals surface area contributed by atoms with Crippen molar-refractivity contribution >= 4 is 6.03 Å². The molecule has 1 aromatic carbocycles. The fourth-order valence-corrected chi connectivity index (χ4v) is 1.55. The number of carbonyl (C=O) groups is 1. The Morgan fingerprint density at radius 2 is 1.88 bits per heavy atom. The Morgan fingerprint density at radius 3 is 2.47 bits per heavy atom. The molecule has 1 rings (SSSR count). The molecule has 0 saturated heterocycles. The Balaban J connectivity index is 2.56. The smallest absolute Gasteiger partial charge is 0.315 e. The molecule has 0 heterocycles. The normalized spacial score (nSPS) is 11.1. The van der Waals surface area contributed by atoms with Gasteiger partial charge in [-0.05, 0) is 45.7 Å². The average Bonchev–Trinajstić information content (AvgIpc) is 2.17. The lowest BCUT2D eigenvalue weighted by Gasteiger charge is -2.21. The Labute approximate surface area is 104 Å². The van der Waals surface area contributed by atoms with Crippen molar-refractivity contribution in [3.05, 3.63) is 34.9 Å². The van der Waals surface area contributed by atoms with Gasteiger partial charge in [0, 0.05) is 12.1 Å². The summed E-state index contributed by atoms with van der Waals surface area (Å²) >= 11 is 0. The van der Waals surface area contributed by atoms with Crippen LogP contribution in [0.4, 0.5) is 4.79 Å². The summed E-state index contributed by atoms with van der Waals surface area (Å²) in [4.78, 5) is 11.6. The number of nitrogens with one attached hydrogen (secondary N) is 2. The highest BCUT2D eigenvalue weighted by Gasteiger charge is 2.13. The SMILES string of the molecule is Cc1ccc(C)c(CNC(=O)NC(C)(C)C)c1. The standard InChI is InChI=1S/C14H22N2O/c1-10-6-7-11(2)12(8-10)9-15-13(17)16-14(3,4)5/h6-8H,9H2,1-5H3,(H2,15,16,17). The molecule has 2 amide bonds. The fraction of sp³-hybridized carbons (Fsp3) is 0.500. The molecule has 1 aromatic rings. The van der Waals surface area contributed by atoms with Gasteiger partial charge in [0.05, 0.1) is 0 Å². The molecule has 0 spiro atoms. The predicted molar refractivity (Wildman–Crippen MR) is 71.0 cm³/mol. The average molecular weight is 234 g/mol. The van der Waals surface area contributed by atoms with Crippen molar-refractivity contribution in [1.29, 1.82) is 0 Å². The minimum atomic E-state index is -0.203. The highest BCUT2D eigenvalue weighted by Crippen LogP contribution is 2.10. The van der Waals surface area contributed by atoms with Crippen molar-refractivity contribution in [1.82, 2.24) is 10.6 Å². The van der Waals surface area contributed by atoms with Crippen molar-refractivity contribution in [2.24, 2.45) is 0 Å². The second-order valence-corrected chi connectivity index (χ2v) is 5.49. The second-order valence-electron chi connectivity index (χ2n) is 5.49. The number of carbonyl (C=O) groups excluding carboxylic acids is 1. The number of hydrogen-bond donors (Lipinski definition) is 2. The molecule has 0 saturated carbocycles. The summed E-state index contributed by atoms with van der Waals surface area (Å²) in [6.45, 7) is 10.6. The van der Waals surface area contributed by atoms with Crippen LogP contribution in [0.15, 0.2) is 18.2 Å². The van der Waals surface area contributed by atoms with E-state index in [-0.39, 0.29) is 11.6 Å². The van der Waals surface area contributed by atoms with Gasteiger partial charge < -0.3 is 10.6 Å². The van der Waals surface area contributed by atoms with E-state index in [9.17, 15) is 4.79 Å². The molecular weight excluding hydrogens is 212 g/mol. The fourth-order valence-electron chi connectivity index (χ4n) is 1.55. The van der Waals surface area contributed by atoms with E-state index in [1.54, 1.807) is 0 Å². The highest BCUT2D eigenvalue weighted by atomic mass is 16.2. The lowest BCUT2D eigenvalue weighted by atomic mass is 10.1. The van der Waals surface area contributed by atoms with Crippen LogP contribution < -0.4 is 10.6 Å². The van der Waals surface area contributed by atoms with Gasteiger partial charge in [0.15, 0.2) is 0 Å². The zero-order valence-electron chi connectivity index (χ0n) is 11.3. The molecule has 0 atom stereocenters. The third-order valence-electron chi connectivity index (χ3n) is 2.43. The van der Waals surface area contributed by atoms with Gasteiger partial charge in [-0.1, -0.05) is 23.8 Å². The molecule has 0 bridgehead atoms. The number of amides is 2. The molecule has 2 N–H and O–H groups in total. The van der Waals surface area contributed by atoms with Crippen LogP contribution in [0.2, 0.25) is 0 Å². The van der Waals surface area contributed by atoms with Crippen molar-refractivity contribution < 1.29 is 4.79 Å². The van der Waals surface area contributed by atoms with E-state index in [4.69, 9.17) is 0 Å².